The second kappa shape index (κ2) is 5.53. The molecule has 2 heterocycles. The highest BCUT2D eigenvalue weighted by Crippen LogP contribution is 2.22. The van der Waals surface area contributed by atoms with Crippen molar-refractivity contribution in [2.75, 3.05) is 11.9 Å². The molecule has 0 atom stereocenters. The molecule has 2 aromatic heterocycles. The van der Waals surface area contributed by atoms with Crippen molar-refractivity contribution in [2.24, 2.45) is 0 Å². The average molecular weight is 346 g/mol. The summed E-state index contributed by atoms with van der Waals surface area (Å²) in [5.74, 6) is 1.64. The topological polar surface area (TPSA) is 50.7 Å². The lowest BCUT2D eigenvalue weighted by atomic mass is 10.4. The normalized spacial score (nSPS) is 10.4. The summed E-state index contributed by atoms with van der Waals surface area (Å²) in [4.78, 5) is 13.8. The molecular weight excluding hydrogens is 335 g/mol. The maximum Gasteiger partial charge on any atom is 0.173 e. The van der Waals surface area contributed by atoms with Crippen LogP contribution in [0.3, 0.4) is 0 Å². The largest absolute Gasteiger partial charge is 0.369 e. The van der Waals surface area contributed by atoms with Gasteiger partial charge in [-0.05, 0) is 29.0 Å². The lowest BCUT2D eigenvalue weighted by Crippen LogP contribution is -2.05. The Morgan fingerprint density at radius 1 is 1.44 bits per heavy atom. The van der Waals surface area contributed by atoms with Crippen LogP contribution in [0.2, 0.25) is 0 Å². The first-order valence-electron chi connectivity index (χ1n) is 4.96. The molecule has 0 aliphatic heterocycles. The van der Waals surface area contributed by atoms with Gasteiger partial charge in [0.2, 0.25) is 0 Å². The van der Waals surface area contributed by atoms with Gasteiger partial charge in [-0.25, -0.2) is 9.97 Å². The SMILES string of the molecule is CCCNc1nc(-c2cncs2)ncc1I. The summed E-state index contributed by atoms with van der Waals surface area (Å²) in [7, 11) is 0. The molecule has 16 heavy (non-hydrogen) atoms. The highest BCUT2D eigenvalue weighted by Gasteiger charge is 2.07. The van der Waals surface area contributed by atoms with Gasteiger partial charge >= 0.3 is 0 Å². The molecule has 0 radical (unpaired) electrons. The fourth-order valence-electron chi connectivity index (χ4n) is 1.18. The van der Waals surface area contributed by atoms with Crippen LogP contribution in [-0.2, 0) is 0 Å². The number of thiazole rings is 1. The van der Waals surface area contributed by atoms with Crippen LogP contribution in [0.1, 0.15) is 13.3 Å². The van der Waals surface area contributed by atoms with Crippen molar-refractivity contribution in [3.05, 3.63) is 21.5 Å². The summed E-state index contributed by atoms with van der Waals surface area (Å²) >= 11 is 3.78. The molecule has 0 fully saturated rings. The lowest BCUT2D eigenvalue weighted by Gasteiger charge is -2.06. The van der Waals surface area contributed by atoms with Crippen molar-refractivity contribution in [3.8, 4) is 10.7 Å². The zero-order valence-corrected chi connectivity index (χ0v) is 11.7. The van der Waals surface area contributed by atoms with Gasteiger partial charge in [-0.3, -0.25) is 4.98 Å². The van der Waals surface area contributed by atoms with Crippen molar-refractivity contribution in [1.82, 2.24) is 15.0 Å². The number of nitrogens with one attached hydrogen (secondary N) is 1. The molecule has 0 bridgehead atoms. The zero-order chi connectivity index (χ0) is 11.4. The third-order valence-corrected chi connectivity index (χ3v) is 3.50. The summed E-state index contributed by atoms with van der Waals surface area (Å²) in [5, 5.41) is 3.29. The molecule has 0 aliphatic carbocycles. The van der Waals surface area contributed by atoms with Gasteiger partial charge in [-0.15, -0.1) is 11.3 Å². The molecule has 6 heteroatoms. The number of hydrogen-bond acceptors (Lipinski definition) is 5. The van der Waals surface area contributed by atoms with Crippen molar-refractivity contribution in [2.45, 2.75) is 13.3 Å². The molecule has 0 saturated heterocycles. The van der Waals surface area contributed by atoms with E-state index in [0.29, 0.717) is 0 Å². The number of anilines is 1. The quantitative estimate of drug-likeness (QED) is 0.865. The van der Waals surface area contributed by atoms with Crippen LogP contribution in [-0.4, -0.2) is 21.5 Å². The average Bonchev–Trinajstić information content (AvgIpc) is 2.81. The molecule has 2 aromatic rings. The summed E-state index contributed by atoms with van der Waals surface area (Å²) in [5.41, 5.74) is 1.79. The van der Waals surface area contributed by atoms with E-state index >= 15 is 0 Å². The standard InChI is InChI=1S/C10H11IN4S/c1-2-3-13-9-7(11)4-14-10(15-9)8-5-12-6-16-8/h4-6H,2-3H2,1H3,(H,13,14,15). The molecule has 0 spiro atoms. The first-order valence-corrected chi connectivity index (χ1v) is 6.92. The van der Waals surface area contributed by atoms with Crippen LogP contribution in [0.5, 0.6) is 0 Å². The highest BCUT2D eigenvalue weighted by molar-refractivity contribution is 14.1. The maximum absolute atomic E-state index is 4.49. The van der Waals surface area contributed by atoms with Crippen LogP contribution in [0.4, 0.5) is 5.82 Å². The molecule has 0 amide bonds. The Labute approximate surface area is 112 Å². The predicted octanol–water partition coefficient (Wildman–Crippen LogP) is 3.03. The van der Waals surface area contributed by atoms with Gasteiger partial charge in [0, 0.05) is 18.9 Å². The van der Waals surface area contributed by atoms with Gasteiger partial charge in [-0.1, -0.05) is 6.92 Å². The van der Waals surface area contributed by atoms with Crippen LogP contribution in [0.25, 0.3) is 10.7 Å². The van der Waals surface area contributed by atoms with Gasteiger partial charge in [-0.2, -0.15) is 0 Å². The van der Waals surface area contributed by atoms with Gasteiger partial charge < -0.3 is 5.32 Å². The molecular formula is C10H11IN4S. The molecule has 1 N–H and O–H groups in total. The van der Waals surface area contributed by atoms with E-state index in [1.54, 1.807) is 23.0 Å². The van der Waals surface area contributed by atoms with Gasteiger partial charge in [0.25, 0.3) is 0 Å². The van der Waals surface area contributed by atoms with E-state index in [4.69, 9.17) is 0 Å². The third kappa shape index (κ3) is 2.67. The Bertz CT molecular complexity index is 458. The summed E-state index contributed by atoms with van der Waals surface area (Å²) in [6, 6.07) is 0. The second-order valence-corrected chi connectivity index (χ2v) is 5.23. The summed E-state index contributed by atoms with van der Waals surface area (Å²) < 4.78 is 1.04. The number of rotatable bonds is 4. The third-order valence-electron chi connectivity index (χ3n) is 1.94. The summed E-state index contributed by atoms with van der Waals surface area (Å²) in [6.45, 7) is 3.06. The fraction of sp³-hybridized carbons (Fsp3) is 0.300. The first kappa shape index (κ1) is 11.7. The van der Waals surface area contributed by atoms with Crippen LogP contribution in [0.15, 0.2) is 17.9 Å². The van der Waals surface area contributed by atoms with Crippen LogP contribution >= 0.6 is 33.9 Å². The number of nitrogens with zero attached hydrogens (tertiary/aromatic N) is 3. The highest BCUT2D eigenvalue weighted by atomic mass is 127. The van der Waals surface area contributed by atoms with E-state index in [9.17, 15) is 0 Å². The molecule has 0 unspecified atom stereocenters. The van der Waals surface area contributed by atoms with E-state index in [1.165, 1.54) is 0 Å². The molecule has 2 rings (SSSR count). The van der Waals surface area contributed by atoms with Crippen LogP contribution < -0.4 is 5.32 Å². The minimum absolute atomic E-state index is 0.738. The Balaban J connectivity index is 2.28. The van der Waals surface area contributed by atoms with E-state index in [2.05, 4.69) is 49.8 Å². The molecule has 84 valence electrons. The molecule has 0 aromatic carbocycles. The maximum atomic E-state index is 4.49. The Morgan fingerprint density at radius 3 is 3.00 bits per heavy atom. The molecule has 0 aliphatic rings. The Kier molecular flexibility index (Phi) is 4.05. The lowest BCUT2D eigenvalue weighted by molar-refractivity contribution is 0.963. The van der Waals surface area contributed by atoms with Crippen LogP contribution in [0, 0.1) is 3.57 Å². The van der Waals surface area contributed by atoms with Gasteiger partial charge in [0.15, 0.2) is 5.82 Å². The zero-order valence-electron chi connectivity index (χ0n) is 8.77. The number of halogens is 1. The van der Waals surface area contributed by atoms with Crippen molar-refractivity contribution in [1.29, 1.82) is 0 Å². The number of hydrogen-bond donors (Lipinski definition) is 1. The van der Waals surface area contributed by atoms with E-state index in [1.807, 2.05) is 6.20 Å². The van der Waals surface area contributed by atoms with Crippen molar-refractivity contribution >= 4 is 39.7 Å². The predicted molar refractivity (Wildman–Crippen MR) is 74.6 cm³/mol. The number of aromatic nitrogens is 3. The molecule has 0 saturated carbocycles. The van der Waals surface area contributed by atoms with E-state index < -0.39 is 0 Å². The smallest absolute Gasteiger partial charge is 0.173 e. The van der Waals surface area contributed by atoms with E-state index in [0.717, 1.165) is 33.1 Å². The van der Waals surface area contributed by atoms with Crippen molar-refractivity contribution < 1.29 is 0 Å². The fourth-order valence-corrected chi connectivity index (χ4v) is 2.19. The Hall–Kier alpha value is -0.760. The van der Waals surface area contributed by atoms with Crippen molar-refractivity contribution in [3.63, 3.8) is 0 Å². The second-order valence-electron chi connectivity index (χ2n) is 3.18. The Morgan fingerprint density at radius 2 is 2.31 bits per heavy atom. The first-order chi connectivity index (χ1) is 7.81. The molecule has 4 nitrogen and oxygen atoms in total. The summed E-state index contributed by atoms with van der Waals surface area (Å²) in [6.07, 6.45) is 4.70. The van der Waals surface area contributed by atoms with E-state index in [-0.39, 0.29) is 0 Å². The monoisotopic (exact) mass is 346 g/mol. The minimum atomic E-state index is 0.738. The van der Waals surface area contributed by atoms with Gasteiger partial charge in [0.05, 0.1) is 14.0 Å². The minimum Gasteiger partial charge on any atom is -0.369 e. The van der Waals surface area contributed by atoms with Gasteiger partial charge in [0.1, 0.15) is 5.82 Å².